The number of nitrogens with zero attached hydrogens (tertiary/aromatic N) is 2. The van der Waals surface area contributed by atoms with Crippen molar-refractivity contribution in [1.82, 2.24) is 9.21 Å². The van der Waals surface area contributed by atoms with E-state index in [1.807, 2.05) is 13.8 Å². The average Bonchev–Trinajstić information content (AvgIpc) is 3.12. The maximum Gasteiger partial charge on any atom is 0.323 e. The molecule has 0 bridgehead atoms. The molecule has 1 heterocycles. The lowest BCUT2D eigenvalue weighted by Crippen LogP contribution is -2.48. The van der Waals surface area contributed by atoms with Crippen molar-refractivity contribution < 1.29 is 42.1 Å². The first-order valence-electron chi connectivity index (χ1n) is 17.0. The van der Waals surface area contributed by atoms with Crippen LogP contribution >= 0.6 is 0 Å². The minimum absolute atomic E-state index is 0.0402. The van der Waals surface area contributed by atoms with Gasteiger partial charge in [0.1, 0.15) is 17.2 Å². The Balaban J connectivity index is 1.61. The van der Waals surface area contributed by atoms with Crippen molar-refractivity contribution in [1.29, 1.82) is 0 Å². The lowest BCUT2D eigenvalue weighted by molar-refractivity contribution is -0.00834. The Kier molecular flexibility index (Phi) is 14.1. The third kappa shape index (κ3) is 10.6. The quantitative estimate of drug-likeness (QED) is 0.247. The number of urea groups is 1. The van der Waals surface area contributed by atoms with Gasteiger partial charge in [0.05, 0.1) is 49.5 Å². The van der Waals surface area contributed by atoms with Crippen LogP contribution in [-0.4, -0.2) is 100 Å². The third-order valence-electron chi connectivity index (χ3n) is 8.86. The molecule has 3 aromatic carbocycles. The van der Waals surface area contributed by atoms with E-state index in [0.717, 1.165) is 12.8 Å². The number of rotatable bonds is 10. The summed E-state index contributed by atoms with van der Waals surface area (Å²) in [6.07, 6.45) is 1.38. The van der Waals surface area contributed by atoms with Crippen LogP contribution in [0.1, 0.15) is 50.4 Å². The van der Waals surface area contributed by atoms with Gasteiger partial charge in [0.2, 0.25) is 10.0 Å². The van der Waals surface area contributed by atoms with Crippen LogP contribution in [-0.2, 0) is 14.8 Å². The standard InChI is InChI=1S/C37H50N4O9S/c1-25-22-41(26(2)24-42)36(43)33-21-29(39-37(44)38-28-10-13-30(47-5)14-11-28)12-19-34(33)50-27(3)9-7-8-20-49-35(25)23-40(4)51(45,46)32-17-15-31(48-6)16-18-32/h10-19,21,25-27,35,42H,7-9,20,22-24H2,1-6H3,(H2,38,39,44)/t25-,26-,27+,35+/m0/s1. The first kappa shape index (κ1) is 39.4. The number of hydrogen-bond acceptors (Lipinski definition) is 9. The van der Waals surface area contributed by atoms with Gasteiger partial charge in [-0.1, -0.05) is 6.92 Å². The fourth-order valence-corrected chi connectivity index (χ4v) is 6.89. The number of ether oxygens (including phenoxy) is 4. The summed E-state index contributed by atoms with van der Waals surface area (Å²) in [4.78, 5) is 29.0. The Hall–Kier alpha value is -4.37. The van der Waals surface area contributed by atoms with Gasteiger partial charge in [0, 0.05) is 44.0 Å². The van der Waals surface area contributed by atoms with E-state index in [9.17, 15) is 23.1 Å². The summed E-state index contributed by atoms with van der Waals surface area (Å²) in [6.45, 7) is 5.82. The van der Waals surface area contributed by atoms with Crippen LogP contribution in [0.15, 0.2) is 71.6 Å². The SMILES string of the molecule is COc1ccc(NC(=O)Nc2ccc3c(c2)C(=O)N([C@@H](C)CO)C[C@H](C)[C@@H](CN(C)S(=O)(=O)c2ccc(OC)cc2)OCCCC[C@@H](C)O3)cc1. The molecule has 4 atom stereocenters. The van der Waals surface area contributed by atoms with Crippen molar-refractivity contribution in [2.45, 2.75) is 63.2 Å². The number of benzene rings is 3. The number of nitrogens with one attached hydrogen (secondary N) is 2. The second-order valence-corrected chi connectivity index (χ2v) is 14.8. The van der Waals surface area contributed by atoms with Gasteiger partial charge in [-0.25, -0.2) is 13.2 Å². The number of amides is 3. The molecule has 3 aromatic rings. The van der Waals surface area contributed by atoms with Gasteiger partial charge in [-0.15, -0.1) is 0 Å². The second kappa shape index (κ2) is 18.2. The Morgan fingerprint density at radius 3 is 2.22 bits per heavy atom. The van der Waals surface area contributed by atoms with E-state index in [-0.39, 0.29) is 42.2 Å². The molecule has 0 fully saturated rings. The number of aliphatic hydroxyl groups is 1. The molecular weight excluding hydrogens is 676 g/mol. The summed E-state index contributed by atoms with van der Waals surface area (Å²) >= 11 is 0. The number of likely N-dealkylation sites (N-methyl/N-ethyl adjacent to an activating group) is 1. The molecule has 13 nitrogen and oxygen atoms in total. The summed E-state index contributed by atoms with van der Waals surface area (Å²) < 4.78 is 51.3. The molecule has 1 aliphatic rings. The molecule has 0 aromatic heterocycles. The van der Waals surface area contributed by atoms with Gasteiger partial charge in [-0.05, 0) is 99.8 Å². The van der Waals surface area contributed by atoms with Crippen molar-refractivity contribution in [3.63, 3.8) is 0 Å². The molecule has 3 N–H and O–H groups in total. The molecule has 4 rings (SSSR count). The normalized spacial score (nSPS) is 19.6. The maximum absolute atomic E-state index is 14.4. The summed E-state index contributed by atoms with van der Waals surface area (Å²) in [5.74, 6) is 0.786. The molecule has 0 saturated heterocycles. The van der Waals surface area contributed by atoms with Gasteiger partial charge in [0.25, 0.3) is 5.91 Å². The highest BCUT2D eigenvalue weighted by Crippen LogP contribution is 2.29. The Morgan fingerprint density at radius 2 is 1.59 bits per heavy atom. The monoisotopic (exact) mass is 726 g/mol. The van der Waals surface area contributed by atoms with Gasteiger partial charge in [-0.3, -0.25) is 4.79 Å². The zero-order chi connectivity index (χ0) is 37.1. The molecule has 278 valence electrons. The fraction of sp³-hybridized carbons (Fsp3) is 0.459. The van der Waals surface area contributed by atoms with Gasteiger partial charge in [-0.2, -0.15) is 4.31 Å². The third-order valence-corrected chi connectivity index (χ3v) is 10.7. The van der Waals surface area contributed by atoms with Gasteiger partial charge >= 0.3 is 6.03 Å². The van der Waals surface area contributed by atoms with Crippen molar-refractivity contribution >= 4 is 33.3 Å². The molecule has 0 spiro atoms. The van der Waals surface area contributed by atoms with Crippen LogP contribution in [0, 0.1) is 5.92 Å². The van der Waals surface area contributed by atoms with E-state index in [2.05, 4.69) is 10.6 Å². The molecule has 0 saturated carbocycles. The highest BCUT2D eigenvalue weighted by Gasteiger charge is 2.32. The first-order chi connectivity index (χ1) is 24.4. The van der Waals surface area contributed by atoms with Crippen molar-refractivity contribution in [3.8, 4) is 17.2 Å². The first-order valence-corrected chi connectivity index (χ1v) is 18.5. The van der Waals surface area contributed by atoms with Crippen molar-refractivity contribution in [3.05, 3.63) is 72.3 Å². The van der Waals surface area contributed by atoms with Crippen LogP contribution in [0.3, 0.4) is 0 Å². The van der Waals surface area contributed by atoms with E-state index < -0.39 is 34.1 Å². The largest absolute Gasteiger partial charge is 0.497 e. The predicted molar refractivity (Wildman–Crippen MR) is 195 cm³/mol. The Morgan fingerprint density at radius 1 is 0.980 bits per heavy atom. The minimum atomic E-state index is -3.86. The summed E-state index contributed by atoms with van der Waals surface area (Å²) in [5, 5.41) is 15.8. The fourth-order valence-electron chi connectivity index (χ4n) is 5.71. The van der Waals surface area contributed by atoms with E-state index in [4.69, 9.17) is 18.9 Å². The number of hydrogen-bond donors (Lipinski definition) is 3. The summed E-state index contributed by atoms with van der Waals surface area (Å²) in [6, 6.07) is 16.8. The number of aliphatic hydroxyl groups excluding tert-OH is 1. The van der Waals surface area contributed by atoms with Gasteiger partial charge < -0.3 is 39.6 Å². The molecule has 0 unspecified atom stereocenters. The highest BCUT2D eigenvalue weighted by atomic mass is 32.2. The summed E-state index contributed by atoms with van der Waals surface area (Å²) in [7, 11) is 0.718. The molecular formula is C37H50N4O9S. The average molecular weight is 727 g/mol. The highest BCUT2D eigenvalue weighted by molar-refractivity contribution is 7.89. The van der Waals surface area contributed by atoms with Crippen LogP contribution in [0.4, 0.5) is 16.2 Å². The minimum Gasteiger partial charge on any atom is -0.497 e. The zero-order valence-corrected chi connectivity index (χ0v) is 30.9. The number of carbonyl (C=O) groups is 2. The van der Waals surface area contributed by atoms with E-state index in [1.54, 1.807) is 73.5 Å². The second-order valence-electron chi connectivity index (χ2n) is 12.8. The Bertz CT molecular complexity index is 1700. The topological polar surface area (TPSA) is 156 Å². The Labute approximate surface area is 300 Å². The maximum atomic E-state index is 14.4. The molecule has 1 aliphatic heterocycles. The number of sulfonamides is 1. The molecule has 0 radical (unpaired) electrons. The van der Waals surface area contributed by atoms with Gasteiger partial charge in [0.15, 0.2) is 0 Å². The molecule has 14 heteroatoms. The summed E-state index contributed by atoms with van der Waals surface area (Å²) in [5.41, 5.74) is 1.13. The predicted octanol–water partition coefficient (Wildman–Crippen LogP) is 5.46. The van der Waals surface area contributed by atoms with E-state index >= 15 is 0 Å². The number of carbonyl (C=O) groups excluding carboxylic acids is 2. The van der Waals surface area contributed by atoms with Crippen LogP contribution < -0.4 is 24.8 Å². The smallest absolute Gasteiger partial charge is 0.323 e. The van der Waals surface area contributed by atoms with Crippen LogP contribution in [0.2, 0.25) is 0 Å². The molecule has 51 heavy (non-hydrogen) atoms. The molecule has 0 aliphatic carbocycles. The van der Waals surface area contributed by atoms with Crippen LogP contribution in [0.25, 0.3) is 0 Å². The lowest BCUT2D eigenvalue weighted by Gasteiger charge is -2.35. The number of fused-ring (bicyclic) bond motifs is 1. The van der Waals surface area contributed by atoms with E-state index in [1.165, 1.54) is 30.6 Å². The van der Waals surface area contributed by atoms with Crippen molar-refractivity contribution in [2.24, 2.45) is 5.92 Å². The lowest BCUT2D eigenvalue weighted by atomic mass is 10.0. The van der Waals surface area contributed by atoms with Crippen LogP contribution in [0.5, 0.6) is 17.2 Å². The number of anilines is 2. The van der Waals surface area contributed by atoms with E-state index in [0.29, 0.717) is 41.7 Å². The number of methoxy groups -OCH3 is 2. The molecule has 3 amide bonds. The van der Waals surface area contributed by atoms with Crippen molar-refractivity contribution in [2.75, 3.05) is 58.2 Å². The zero-order valence-electron chi connectivity index (χ0n) is 30.1.